The van der Waals surface area contributed by atoms with Crippen LogP contribution in [0.3, 0.4) is 0 Å². The highest BCUT2D eigenvalue weighted by Gasteiger charge is 2.20. The molecule has 1 aromatic heterocycles. The predicted octanol–water partition coefficient (Wildman–Crippen LogP) is 1.91. The Hall–Kier alpha value is -1.17. The lowest BCUT2D eigenvalue weighted by molar-refractivity contribution is 0.0285. The summed E-state index contributed by atoms with van der Waals surface area (Å²) in [4.78, 5) is 13.0. The van der Waals surface area contributed by atoms with Crippen molar-refractivity contribution in [2.45, 2.75) is 32.9 Å². The molecule has 0 unspecified atom stereocenters. The van der Waals surface area contributed by atoms with Crippen LogP contribution in [0.1, 0.15) is 25.8 Å². The van der Waals surface area contributed by atoms with Gasteiger partial charge in [-0.05, 0) is 20.8 Å². The summed E-state index contributed by atoms with van der Waals surface area (Å²) in [6.07, 6.45) is -0.349. The molecular formula is C9H15N3O2S. The maximum atomic E-state index is 11.5. The quantitative estimate of drug-likeness (QED) is 0.777. The summed E-state index contributed by atoms with van der Waals surface area (Å²) in [7, 11) is 1.68. The Bertz CT molecular complexity index is 319. The molecule has 0 bridgehead atoms. The van der Waals surface area contributed by atoms with Gasteiger partial charge >= 0.3 is 6.09 Å². The Morgan fingerprint density at radius 2 is 2.27 bits per heavy atom. The highest BCUT2D eigenvalue weighted by atomic mass is 32.1. The first kappa shape index (κ1) is 11.9. The highest BCUT2D eigenvalue weighted by molar-refractivity contribution is 7.09. The van der Waals surface area contributed by atoms with Crippen molar-refractivity contribution in [1.29, 1.82) is 0 Å². The van der Waals surface area contributed by atoms with Crippen molar-refractivity contribution in [2.75, 3.05) is 7.05 Å². The number of carbonyl (C=O) groups excluding carboxylic acids is 1. The standard InChI is InChI=1S/C9H15N3O2S/c1-9(2,3)14-8(13)12(4)5-7-11-10-6-15-7/h6H,5H2,1-4H3. The third kappa shape index (κ3) is 4.24. The fourth-order valence-electron chi connectivity index (χ4n) is 0.872. The fourth-order valence-corrected chi connectivity index (χ4v) is 1.45. The van der Waals surface area contributed by atoms with E-state index in [4.69, 9.17) is 4.74 Å². The first-order chi connectivity index (χ1) is 6.88. The molecule has 0 N–H and O–H groups in total. The first-order valence-electron chi connectivity index (χ1n) is 4.57. The zero-order chi connectivity index (χ0) is 11.5. The van der Waals surface area contributed by atoms with Crippen LogP contribution in [0, 0.1) is 0 Å². The van der Waals surface area contributed by atoms with E-state index in [1.165, 1.54) is 16.2 Å². The molecule has 0 spiro atoms. The van der Waals surface area contributed by atoms with E-state index in [1.807, 2.05) is 20.8 Å². The van der Waals surface area contributed by atoms with Gasteiger partial charge in [0.05, 0.1) is 6.54 Å². The lowest BCUT2D eigenvalue weighted by atomic mass is 10.2. The van der Waals surface area contributed by atoms with E-state index < -0.39 is 5.60 Å². The number of hydrogen-bond acceptors (Lipinski definition) is 5. The van der Waals surface area contributed by atoms with Crippen molar-refractivity contribution in [3.8, 4) is 0 Å². The highest BCUT2D eigenvalue weighted by Crippen LogP contribution is 2.11. The van der Waals surface area contributed by atoms with Gasteiger partial charge in [-0.25, -0.2) is 4.79 Å². The van der Waals surface area contributed by atoms with Crippen LogP contribution in [0.4, 0.5) is 4.79 Å². The number of nitrogens with zero attached hydrogens (tertiary/aromatic N) is 3. The molecule has 0 aliphatic rings. The van der Waals surface area contributed by atoms with Gasteiger partial charge < -0.3 is 9.64 Å². The van der Waals surface area contributed by atoms with Crippen LogP contribution in [0.2, 0.25) is 0 Å². The molecule has 0 fully saturated rings. The average molecular weight is 229 g/mol. The van der Waals surface area contributed by atoms with E-state index in [0.29, 0.717) is 6.54 Å². The number of aromatic nitrogens is 2. The normalized spacial score (nSPS) is 11.2. The average Bonchev–Trinajstić information content (AvgIpc) is 2.53. The summed E-state index contributed by atoms with van der Waals surface area (Å²) in [5, 5.41) is 8.35. The molecule has 0 atom stereocenters. The fraction of sp³-hybridized carbons (Fsp3) is 0.667. The number of hydrogen-bond donors (Lipinski definition) is 0. The van der Waals surface area contributed by atoms with Gasteiger partial charge in [0.15, 0.2) is 0 Å². The van der Waals surface area contributed by atoms with E-state index >= 15 is 0 Å². The molecule has 1 heterocycles. The van der Waals surface area contributed by atoms with Crippen molar-refractivity contribution >= 4 is 17.4 Å². The third-order valence-corrected chi connectivity index (χ3v) is 2.17. The van der Waals surface area contributed by atoms with Crippen molar-refractivity contribution in [2.24, 2.45) is 0 Å². The Morgan fingerprint density at radius 3 is 2.73 bits per heavy atom. The Labute approximate surface area is 93.1 Å². The zero-order valence-corrected chi connectivity index (χ0v) is 10.2. The molecule has 0 radical (unpaired) electrons. The van der Waals surface area contributed by atoms with Gasteiger partial charge in [-0.1, -0.05) is 0 Å². The van der Waals surface area contributed by atoms with Gasteiger partial charge in [-0.15, -0.1) is 21.5 Å². The Kier molecular flexibility index (Phi) is 3.62. The van der Waals surface area contributed by atoms with Gasteiger partial charge in [0.2, 0.25) is 0 Å². The number of carbonyl (C=O) groups is 1. The molecule has 1 rings (SSSR count). The molecule has 6 heteroatoms. The monoisotopic (exact) mass is 229 g/mol. The molecular weight excluding hydrogens is 214 g/mol. The molecule has 1 amide bonds. The summed E-state index contributed by atoms with van der Waals surface area (Å²) < 4.78 is 5.19. The van der Waals surface area contributed by atoms with Gasteiger partial charge in [0, 0.05) is 7.05 Å². The molecule has 0 aliphatic carbocycles. The zero-order valence-electron chi connectivity index (χ0n) is 9.35. The summed E-state index contributed by atoms with van der Waals surface area (Å²) >= 11 is 1.41. The topological polar surface area (TPSA) is 55.3 Å². The predicted molar refractivity (Wildman–Crippen MR) is 57.6 cm³/mol. The lowest BCUT2D eigenvalue weighted by Crippen LogP contribution is -2.33. The second-order valence-corrected chi connectivity index (χ2v) is 5.09. The first-order valence-corrected chi connectivity index (χ1v) is 5.45. The van der Waals surface area contributed by atoms with Crippen molar-refractivity contribution < 1.29 is 9.53 Å². The molecule has 0 aromatic carbocycles. The third-order valence-electron chi connectivity index (χ3n) is 1.48. The molecule has 1 aromatic rings. The van der Waals surface area contributed by atoms with Gasteiger partial charge in [0.1, 0.15) is 16.1 Å². The molecule has 0 saturated carbocycles. The van der Waals surface area contributed by atoms with Crippen LogP contribution in [0.25, 0.3) is 0 Å². The molecule has 0 saturated heterocycles. The van der Waals surface area contributed by atoms with Crippen LogP contribution in [-0.2, 0) is 11.3 Å². The molecule has 15 heavy (non-hydrogen) atoms. The van der Waals surface area contributed by atoms with Gasteiger partial charge in [-0.3, -0.25) is 0 Å². The van der Waals surface area contributed by atoms with E-state index in [2.05, 4.69) is 10.2 Å². The second-order valence-electron chi connectivity index (χ2n) is 4.17. The molecule has 5 nitrogen and oxygen atoms in total. The number of amides is 1. The summed E-state index contributed by atoms with van der Waals surface area (Å²) in [5.41, 5.74) is 1.17. The van der Waals surface area contributed by atoms with E-state index in [0.717, 1.165) is 5.01 Å². The van der Waals surface area contributed by atoms with Crippen molar-refractivity contribution in [1.82, 2.24) is 15.1 Å². The largest absolute Gasteiger partial charge is 0.444 e. The van der Waals surface area contributed by atoms with E-state index in [-0.39, 0.29) is 6.09 Å². The van der Waals surface area contributed by atoms with Crippen LogP contribution >= 0.6 is 11.3 Å². The van der Waals surface area contributed by atoms with Crippen LogP contribution < -0.4 is 0 Å². The summed E-state index contributed by atoms with van der Waals surface area (Å²) in [6.45, 7) is 5.94. The minimum absolute atomic E-state index is 0.349. The van der Waals surface area contributed by atoms with Gasteiger partial charge in [0.25, 0.3) is 0 Å². The second kappa shape index (κ2) is 4.57. The number of ether oxygens (including phenoxy) is 1. The maximum Gasteiger partial charge on any atom is 0.410 e. The number of rotatable bonds is 2. The Morgan fingerprint density at radius 1 is 1.60 bits per heavy atom. The molecule has 0 aliphatic heterocycles. The van der Waals surface area contributed by atoms with Crippen molar-refractivity contribution in [3.63, 3.8) is 0 Å². The van der Waals surface area contributed by atoms with Crippen LogP contribution in [-0.4, -0.2) is 33.8 Å². The Balaban J connectivity index is 2.47. The van der Waals surface area contributed by atoms with E-state index in [1.54, 1.807) is 12.6 Å². The smallest absolute Gasteiger partial charge is 0.410 e. The lowest BCUT2D eigenvalue weighted by Gasteiger charge is -2.23. The van der Waals surface area contributed by atoms with Gasteiger partial charge in [-0.2, -0.15) is 0 Å². The molecule has 84 valence electrons. The summed E-state index contributed by atoms with van der Waals surface area (Å²) in [6, 6.07) is 0. The van der Waals surface area contributed by atoms with E-state index in [9.17, 15) is 4.79 Å². The SMILES string of the molecule is CN(Cc1nncs1)C(=O)OC(C)(C)C. The maximum absolute atomic E-state index is 11.5. The van der Waals surface area contributed by atoms with Crippen LogP contribution in [0.15, 0.2) is 5.51 Å². The summed E-state index contributed by atoms with van der Waals surface area (Å²) in [5.74, 6) is 0. The van der Waals surface area contributed by atoms with Crippen molar-refractivity contribution in [3.05, 3.63) is 10.5 Å². The minimum atomic E-state index is -0.466. The van der Waals surface area contributed by atoms with Crippen LogP contribution in [0.5, 0.6) is 0 Å². The minimum Gasteiger partial charge on any atom is -0.444 e.